The predicted octanol–water partition coefficient (Wildman–Crippen LogP) is 0.789. The van der Waals surface area contributed by atoms with Crippen molar-refractivity contribution in [1.82, 2.24) is 4.90 Å². The SMILES string of the molecule is CCOC(=O)C1CN(C(CF)CF)C1. The summed E-state index contributed by atoms with van der Waals surface area (Å²) in [4.78, 5) is 12.8. The second-order valence-corrected chi connectivity index (χ2v) is 3.37. The van der Waals surface area contributed by atoms with Crippen LogP contribution in [0.2, 0.25) is 0 Å². The topological polar surface area (TPSA) is 29.5 Å². The third-order valence-corrected chi connectivity index (χ3v) is 2.40. The molecule has 0 aromatic carbocycles. The van der Waals surface area contributed by atoms with Crippen molar-refractivity contribution >= 4 is 5.97 Å². The first kappa shape index (κ1) is 11.4. The zero-order valence-corrected chi connectivity index (χ0v) is 8.21. The maximum atomic E-state index is 12.2. The van der Waals surface area contributed by atoms with Crippen molar-refractivity contribution in [1.29, 1.82) is 0 Å². The highest BCUT2D eigenvalue weighted by Crippen LogP contribution is 2.20. The number of hydrogen-bond donors (Lipinski definition) is 0. The third kappa shape index (κ3) is 2.41. The van der Waals surface area contributed by atoms with E-state index in [9.17, 15) is 13.6 Å². The quantitative estimate of drug-likeness (QED) is 0.624. The first-order valence-corrected chi connectivity index (χ1v) is 4.75. The van der Waals surface area contributed by atoms with Crippen molar-refractivity contribution < 1.29 is 18.3 Å². The van der Waals surface area contributed by atoms with Gasteiger partial charge in [0.25, 0.3) is 0 Å². The van der Waals surface area contributed by atoms with Crippen LogP contribution in [-0.2, 0) is 9.53 Å². The molecule has 3 nitrogen and oxygen atoms in total. The third-order valence-electron chi connectivity index (χ3n) is 2.40. The lowest BCUT2D eigenvalue weighted by Crippen LogP contribution is -2.56. The minimum absolute atomic E-state index is 0.199. The van der Waals surface area contributed by atoms with Crippen LogP contribution in [0.4, 0.5) is 8.78 Å². The van der Waals surface area contributed by atoms with Gasteiger partial charge in [-0.3, -0.25) is 9.69 Å². The van der Waals surface area contributed by atoms with Gasteiger partial charge >= 0.3 is 5.97 Å². The Balaban J connectivity index is 2.25. The highest BCUT2D eigenvalue weighted by molar-refractivity contribution is 5.74. The molecule has 0 atom stereocenters. The van der Waals surface area contributed by atoms with Gasteiger partial charge < -0.3 is 4.74 Å². The molecule has 0 aliphatic carbocycles. The number of alkyl halides is 2. The number of rotatable bonds is 5. The highest BCUT2D eigenvalue weighted by Gasteiger charge is 2.37. The fraction of sp³-hybridized carbons (Fsp3) is 0.889. The van der Waals surface area contributed by atoms with E-state index in [1.807, 2.05) is 0 Å². The normalized spacial score (nSPS) is 18.3. The van der Waals surface area contributed by atoms with Crippen LogP contribution in [0.3, 0.4) is 0 Å². The molecule has 1 aliphatic heterocycles. The average molecular weight is 207 g/mol. The number of carbonyl (C=O) groups is 1. The minimum Gasteiger partial charge on any atom is -0.466 e. The van der Waals surface area contributed by atoms with Gasteiger partial charge in [-0.15, -0.1) is 0 Å². The molecule has 0 aromatic heterocycles. The second-order valence-electron chi connectivity index (χ2n) is 3.37. The molecule has 0 unspecified atom stereocenters. The minimum atomic E-state index is -0.702. The van der Waals surface area contributed by atoms with Crippen LogP contribution in [0.15, 0.2) is 0 Å². The van der Waals surface area contributed by atoms with Crippen LogP contribution in [0.25, 0.3) is 0 Å². The summed E-state index contributed by atoms with van der Waals surface area (Å²) in [6, 6.07) is -0.680. The highest BCUT2D eigenvalue weighted by atomic mass is 19.1. The molecule has 14 heavy (non-hydrogen) atoms. The van der Waals surface area contributed by atoms with Gasteiger partial charge in [-0.1, -0.05) is 0 Å². The molecule has 1 saturated heterocycles. The summed E-state index contributed by atoms with van der Waals surface area (Å²) >= 11 is 0. The molecule has 1 aliphatic rings. The maximum Gasteiger partial charge on any atom is 0.311 e. The Hall–Kier alpha value is -0.710. The van der Waals surface area contributed by atoms with Crippen LogP contribution in [0.1, 0.15) is 6.92 Å². The Morgan fingerprint density at radius 1 is 1.50 bits per heavy atom. The molecule has 0 radical (unpaired) electrons. The van der Waals surface area contributed by atoms with Gasteiger partial charge in [-0.05, 0) is 6.92 Å². The van der Waals surface area contributed by atoms with Crippen LogP contribution >= 0.6 is 0 Å². The lowest BCUT2D eigenvalue weighted by Gasteiger charge is -2.40. The van der Waals surface area contributed by atoms with E-state index in [-0.39, 0.29) is 11.9 Å². The van der Waals surface area contributed by atoms with Crippen molar-refractivity contribution in [3.05, 3.63) is 0 Å². The van der Waals surface area contributed by atoms with E-state index in [1.54, 1.807) is 11.8 Å². The largest absolute Gasteiger partial charge is 0.466 e. The fourth-order valence-electron chi connectivity index (χ4n) is 1.46. The molecule has 0 N–H and O–H groups in total. The Labute approximate surface area is 82.0 Å². The molecule has 1 heterocycles. The van der Waals surface area contributed by atoms with Crippen LogP contribution in [0.5, 0.6) is 0 Å². The van der Waals surface area contributed by atoms with Gasteiger partial charge in [0.15, 0.2) is 0 Å². The molecule has 5 heteroatoms. The molecule has 0 amide bonds. The summed E-state index contributed by atoms with van der Waals surface area (Å²) in [5.74, 6) is -0.462. The lowest BCUT2D eigenvalue weighted by atomic mass is 9.98. The van der Waals surface area contributed by atoms with Crippen LogP contribution < -0.4 is 0 Å². The summed E-state index contributed by atoms with van der Waals surface area (Å²) in [7, 11) is 0. The number of carbonyl (C=O) groups excluding carboxylic acids is 1. The van der Waals surface area contributed by atoms with Crippen molar-refractivity contribution in [3.8, 4) is 0 Å². The molecule has 82 valence electrons. The van der Waals surface area contributed by atoms with E-state index in [1.165, 1.54) is 0 Å². The van der Waals surface area contributed by atoms with Gasteiger partial charge in [-0.2, -0.15) is 0 Å². The van der Waals surface area contributed by atoms with Crippen molar-refractivity contribution in [3.63, 3.8) is 0 Å². The maximum absolute atomic E-state index is 12.2. The Kier molecular flexibility index (Phi) is 4.25. The molecule has 0 spiro atoms. The first-order chi connectivity index (χ1) is 6.72. The van der Waals surface area contributed by atoms with Gasteiger partial charge in [0, 0.05) is 13.1 Å². The summed E-state index contributed by atoms with van der Waals surface area (Å²) in [5, 5.41) is 0. The van der Waals surface area contributed by atoms with Crippen LogP contribution in [0, 0.1) is 5.92 Å². The number of halogens is 2. The summed E-state index contributed by atoms with van der Waals surface area (Å²) in [5.41, 5.74) is 0. The van der Waals surface area contributed by atoms with E-state index < -0.39 is 19.4 Å². The summed E-state index contributed by atoms with van der Waals surface area (Å²) < 4.78 is 29.2. The lowest BCUT2D eigenvalue weighted by molar-refractivity contribution is -0.155. The number of esters is 1. The van der Waals surface area contributed by atoms with Crippen LogP contribution in [-0.4, -0.2) is 50.0 Å². The predicted molar refractivity (Wildman–Crippen MR) is 47.4 cm³/mol. The van der Waals surface area contributed by atoms with E-state index in [0.29, 0.717) is 19.7 Å². The van der Waals surface area contributed by atoms with E-state index in [4.69, 9.17) is 4.74 Å². The number of ether oxygens (including phenoxy) is 1. The molecular weight excluding hydrogens is 192 g/mol. The summed E-state index contributed by atoms with van der Waals surface area (Å²) in [6.07, 6.45) is 0. The first-order valence-electron chi connectivity index (χ1n) is 4.75. The van der Waals surface area contributed by atoms with Crippen molar-refractivity contribution in [2.24, 2.45) is 5.92 Å². The molecule has 0 saturated carbocycles. The second kappa shape index (κ2) is 5.24. The fourth-order valence-corrected chi connectivity index (χ4v) is 1.46. The molecule has 1 rings (SSSR count). The van der Waals surface area contributed by atoms with Gasteiger partial charge in [-0.25, -0.2) is 8.78 Å². The van der Waals surface area contributed by atoms with Crippen molar-refractivity contribution in [2.45, 2.75) is 13.0 Å². The van der Waals surface area contributed by atoms with Crippen molar-refractivity contribution in [2.75, 3.05) is 33.0 Å². The van der Waals surface area contributed by atoms with E-state index >= 15 is 0 Å². The van der Waals surface area contributed by atoms with E-state index in [2.05, 4.69) is 0 Å². The summed E-state index contributed by atoms with van der Waals surface area (Å²) in [6.45, 7) is 1.51. The molecular formula is C9H15F2NO2. The smallest absolute Gasteiger partial charge is 0.311 e. The van der Waals surface area contributed by atoms with Gasteiger partial charge in [0.2, 0.25) is 0 Å². The Morgan fingerprint density at radius 3 is 2.50 bits per heavy atom. The zero-order valence-electron chi connectivity index (χ0n) is 8.21. The molecule has 0 bridgehead atoms. The average Bonchev–Trinajstić information content (AvgIpc) is 2.10. The number of nitrogens with zero attached hydrogens (tertiary/aromatic N) is 1. The number of hydrogen-bond acceptors (Lipinski definition) is 3. The number of likely N-dealkylation sites (tertiary alicyclic amines) is 1. The zero-order chi connectivity index (χ0) is 10.6. The molecule has 1 fully saturated rings. The Morgan fingerprint density at radius 2 is 2.07 bits per heavy atom. The standard InChI is InChI=1S/C9H15F2NO2/c1-2-14-9(13)7-5-12(6-7)8(3-10)4-11/h7-8H,2-6H2,1H3. The van der Waals surface area contributed by atoms with E-state index in [0.717, 1.165) is 0 Å². The van der Waals surface area contributed by atoms with Gasteiger partial charge in [0.1, 0.15) is 13.3 Å². The molecule has 0 aromatic rings. The Bertz CT molecular complexity index is 191. The van der Waals surface area contributed by atoms with Gasteiger partial charge in [0.05, 0.1) is 18.6 Å². The monoisotopic (exact) mass is 207 g/mol.